The van der Waals surface area contributed by atoms with Gasteiger partial charge < -0.3 is 9.73 Å². The molecule has 1 amide bonds. The number of furan rings is 1. The van der Waals surface area contributed by atoms with Gasteiger partial charge in [-0.15, -0.1) is 0 Å². The summed E-state index contributed by atoms with van der Waals surface area (Å²) in [6.45, 7) is 4.03. The molecule has 3 rings (SSSR count). The molecule has 2 atom stereocenters. The zero-order valence-corrected chi connectivity index (χ0v) is 20.3. The molecule has 0 saturated heterocycles. The van der Waals surface area contributed by atoms with Crippen LogP contribution in [0, 0.1) is 17.2 Å². The van der Waals surface area contributed by atoms with Crippen LogP contribution in [0.3, 0.4) is 0 Å². The molecule has 2 aromatic carbocycles. The molecular formula is C26H29N3O4S. The molecule has 0 unspecified atom stereocenters. The molecule has 0 saturated carbocycles. The monoisotopic (exact) mass is 479 g/mol. The third-order valence-corrected chi connectivity index (χ3v) is 6.55. The highest BCUT2D eigenvalue weighted by Gasteiger charge is 2.26. The summed E-state index contributed by atoms with van der Waals surface area (Å²) < 4.78 is 29.1. The largest absolute Gasteiger partial charge is 0.467 e. The van der Waals surface area contributed by atoms with Crippen LogP contribution in [0.1, 0.15) is 37.6 Å². The maximum absolute atomic E-state index is 12.7. The highest BCUT2D eigenvalue weighted by Crippen LogP contribution is 2.28. The summed E-state index contributed by atoms with van der Waals surface area (Å²) in [4.78, 5) is 13.0. The Morgan fingerprint density at radius 3 is 2.15 bits per heavy atom. The van der Waals surface area contributed by atoms with Crippen LogP contribution >= 0.6 is 0 Å². The van der Waals surface area contributed by atoms with Gasteiger partial charge in [-0.3, -0.25) is 10.1 Å². The predicted molar refractivity (Wildman–Crippen MR) is 131 cm³/mol. The van der Waals surface area contributed by atoms with Crippen LogP contribution in [0.2, 0.25) is 0 Å². The summed E-state index contributed by atoms with van der Waals surface area (Å²) in [6, 6.07) is 19.3. The molecular weight excluding hydrogens is 450 g/mol. The smallest absolute Gasteiger partial charge is 0.237 e. The number of nitriles is 1. The molecule has 0 aliphatic rings. The van der Waals surface area contributed by atoms with E-state index in [2.05, 4.69) is 10.6 Å². The predicted octanol–water partition coefficient (Wildman–Crippen LogP) is 4.08. The summed E-state index contributed by atoms with van der Waals surface area (Å²) in [7, 11) is -3.25. The molecule has 0 radical (unpaired) electrons. The van der Waals surface area contributed by atoms with Gasteiger partial charge in [-0.1, -0.05) is 50.2 Å². The summed E-state index contributed by atoms with van der Waals surface area (Å²) >= 11 is 0. The summed E-state index contributed by atoms with van der Waals surface area (Å²) in [5.74, 6) is 0.710. The van der Waals surface area contributed by atoms with Gasteiger partial charge in [-0.2, -0.15) is 5.26 Å². The number of amides is 1. The van der Waals surface area contributed by atoms with Gasteiger partial charge in [-0.25, -0.2) is 8.42 Å². The van der Waals surface area contributed by atoms with E-state index in [0.29, 0.717) is 12.2 Å². The number of hydrogen-bond acceptors (Lipinski definition) is 6. The van der Waals surface area contributed by atoms with E-state index >= 15 is 0 Å². The third-order valence-electron chi connectivity index (χ3n) is 5.42. The van der Waals surface area contributed by atoms with E-state index in [1.807, 2.05) is 50.2 Å². The number of carbonyl (C=O) groups excluding carboxylic acids is 1. The fourth-order valence-electron chi connectivity index (χ4n) is 3.73. The number of carbonyl (C=O) groups is 1. The number of nitrogens with one attached hydrogen (secondary N) is 2. The Morgan fingerprint density at radius 1 is 1.03 bits per heavy atom. The van der Waals surface area contributed by atoms with E-state index in [1.165, 1.54) is 6.26 Å². The lowest BCUT2D eigenvalue weighted by Gasteiger charge is -2.25. The van der Waals surface area contributed by atoms with Crippen molar-refractivity contribution in [3.63, 3.8) is 0 Å². The quantitative estimate of drug-likeness (QED) is 0.424. The molecule has 0 aliphatic carbocycles. The molecule has 1 heterocycles. The SMILES string of the molecule is CC(C)C[C@H](N[C@@H](c1ccc(-c2ccc(S(C)(=O)=O)cc2)cc1)c1ccco1)C(=O)NCC#N. The Balaban J connectivity index is 1.88. The van der Waals surface area contributed by atoms with Crippen molar-refractivity contribution in [2.24, 2.45) is 5.92 Å². The molecule has 0 bridgehead atoms. The highest BCUT2D eigenvalue weighted by molar-refractivity contribution is 7.90. The van der Waals surface area contributed by atoms with Crippen LogP contribution in [0.5, 0.6) is 0 Å². The van der Waals surface area contributed by atoms with Crippen molar-refractivity contribution in [1.82, 2.24) is 10.6 Å². The van der Waals surface area contributed by atoms with Gasteiger partial charge in [-0.05, 0) is 53.3 Å². The lowest BCUT2D eigenvalue weighted by molar-refractivity contribution is -0.123. The zero-order chi connectivity index (χ0) is 24.7. The first-order valence-electron chi connectivity index (χ1n) is 11.0. The van der Waals surface area contributed by atoms with Crippen molar-refractivity contribution >= 4 is 15.7 Å². The van der Waals surface area contributed by atoms with E-state index in [0.717, 1.165) is 16.7 Å². The molecule has 8 heteroatoms. The number of benzene rings is 2. The van der Waals surface area contributed by atoms with E-state index in [1.54, 1.807) is 36.6 Å². The van der Waals surface area contributed by atoms with Crippen molar-refractivity contribution < 1.29 is 17.6 Å². The van der Waals surface area contributed by atoms with Gasteiger partial charge in [0.1, 0.15) is 12.3 Å². The number of sulfone groups is 1. The molecule has 1 aromatic heterocycles. The van der Waals surface area contributed by atoms with Crippen molar-refractivity contribution in [3.8, 4) is 17.2 Å². The lowest BCUT2D eigenvalue weighted by atomic mass is 9.97. The first-order valence-corrected chi connectivity index (χ1v) is 12.9. The maximum atomic E-state index is 12.7. The minimum Gasteiger partial charge on any atom is -0.467 e. The second-order valence-corrected chi connectivity index (χ2v) is 10.6. The first kappa shape index (κ1) is 25.2. The summed E-state index contributed by atoms with van der Waals surface area (Å²) in [5, 5.41) is 14.9. The van der Waals surface area contributed by atoms with Crippen molar-refractivity contribution in [2.45, 2.75) is 37.2 Å². The molecule has 2 N–H and O–H groups in total. The van der Waals surface area contributed by atoms with Crippen LogP contribution in [0.4, 0.5) is 0 Å². The molecule has 7 nitrogen and oxygen atoms in total. The summed E-state index contributed by atoms with van der Waals surface area (Å²) in [6.07, 6.45) is 3.37. The van der Waals surface area contributed by atoms with Crippen molar-refractivity contribution in [1.29, 1.82) is 5.26 Å². The average molecular weight is 480 g/mol. The van der Waals surface area contributed by atoms with Gasteiger partial charge >= 0.3 is 0 Å². The number of rotatable bonds is 10. The van der Waals surface area contributed by atoms with Gasteiger partial charge in [0, 0.05) is 6.26 Å². The first-order chi connectivity index (χ1) is 16.2. The number of nitrogens with zero attached hydrogens (tertiary/aromatic N) is 1. The van der Waals surface area contributed by atoms with Crippen molar-refractivity contribution in [2.75, 3.05) is 12.8 Å². The van der Waals surface area contributed by atoms with Crippen LogP contribution in [0.15, 0.2) is 76.2 Å². The Kier molecular flexibility index (Phi) is 8.26. The average Bonchev–Trinajstić information content (AvgIpc) is 3.34. The standard InChI is InChI=1S/C26H29N3O4S/c1-18(2)17-23(26(30)28-15-14-27)29-25(24-5-4-16-33-24)21-8-6-19(7-9-21)20-10-12-22(13-11-20)34(3,31)32/h4-13,16,18,23,25,29H,15,17H2,1-3H3,(H,28,30)/t23-,25-/m0/s1. The van der Waals surface area contributed by atoms with Crippen LogP contribution < -0.4 is 10.6 Å². The fraction of sp³-hybridized carbons (Fsp3) is 0.308. The normalized spacial score (nSPS) is 13.3. The number of hydrogen-bond donors (Lipinski definition) is 2. The minimum absolute atomic E-state index is 0.0483. The zero-order valence-electron chi connectivity index (χ0n) is 19.5. The third kappa shape index (κ3) is 6.56. The molecule has 0 spiro atoms. The lowest BCUT2D eigenvalue weighted by Crippen LogP contribution is -2.46. The molecule has 3 aromatic rings. The Morgan fingerprint density at radius 2 is 1.65 bits per heavy atom. The molecule has 0 aliphatic heterocycles. The second-order valence-electron chi connectivity index (χ2n) is 8.59. The Bertz CT molecular complexity index is 1230. The highest BCUT2D eigenvalue weighted by atomic mass is 32.2. The molecule has 0 fully saturated rings. The van der Waals surface area contributed by atoms with Crippen LogP contribution in [-0.4, -0.2) is 33.2 Å². The van der Waals surface area contributed by atoms with Crippen LogP contribution in [0.25, 0.3) is 11.1 Å². The molecule has 178 valence electrons. The fourth-order valence-corrected chi connectivity index (χ4v) is 4.36. The van der Waals surface area contributed by atoms with E-state index in [-0.39, 0.29) is 29.3 Å². The van der Waals surface area contributed by atoms with Gasteiger partial charge in [0.2, 0.25) is 5.91 Å². The Labute approximate surface area is 200 Å². The van der Waals surface area contributed by atoms with Gasteiger partial charge in [0.25, 0.3) is 0 Å². The van der Waals surface area contributed by atoms with Crippen molar-refractivity contribution in [3.05, 3.63) is 78.3 Å². The van der Waals surface area contributed by atoms with E-state index in [4.69, 9.17) is 9.68 Å². The van der Waals surface area contributed by atoms with Crippen LogP contribution in [-0.2, 0) is 14.6 Å². The maximum Gasteiger partial charge on any atom is 0.237 e. The van der Waals surface area contributed by atoms with E-state index < -0.39 is 15.9 Å². The topological polar surface area (TPSA) is 112 Å². The minimum atomic E-state index is -3.25. The summed E-state index contributed by atoms with van der Waals surface area (Å²) in [5.41, 5.74) is 2.75. The Hall–Kier alpha value is -3.41. The van der Waals surface area contributed by atoms with E-state index in [9.17, 15) is 13.2 Å². The van der Waals surface area contributed by atoms with Gasteiger partial charge in [0.05, 0.1) is 29.3 Å². The van der Waals surface area contributed by atoms with Gasteiger partial charge in [0.15, 0.2) is 9.84 Å². The second kappa shape index (κ2) is 11.1. The molecule has 34 heavy (non-hydrogen) atoms.